The van der Waals surface area contributed by atoms with Crippen molar-refractivity contribution in [2.75, 3.05) is 7.11 Å². The van der Waals surface area contributed by atoms with Gasteiger partial charge in [0.05, 0.1) is 24.2 Å². The number of nitrogens with zero attached hydrogens (tertiary/aromatic N) is 1. The number of ether oxygens (including phenoxy) is 3. The molecular formula is C20H29NO7. The molecule has 2 fully saturated rings. The van der Waals surface area contributed by atoms with Crippen LogP contribution in [0.3, 0.4) is 0 Å². The predicted molar refractivity (Wildman–Crippen MR) is 97.5 cm³/mol. The lowest BCUT2D eigenvalue weighted by atomic mass is 9.72. The van der Waals surface area contributed by atoms with Gasteiger partial charge < -0.3 is 24.2 Å². The van der Waals surface area contributed by atoms with E-state index >= 15 is 0 Å². The molecule has 8 nitrogen and oxygen atoms in total. The quantitative estimate of drug-likeness (QED) is 0.396. The third kappa shape index (κ3) is 3.43. The van der Waals surface area contributed by atoms with Gasteiger partial charge in [-0.2, -0.15) is 0 Å². The largest absolute Gasteiger partial charge is 0.425 e. The van der Waals surface area contributed by atoms with Crippen LogP contribution in [0.2, 0.25) is 0 Å². The van der Waals surface area contributed by atoms with Gasteiger partial charge in [0.2, 0.25) is 12.2 Å². The molecule has 0 spiro atoms. The number of hydrogen-bond donors (Lipinski definition) is 1. The number of esters is 2. The molecule has 2 heterocycles. The van der Waals surface area contributed by atoms with Gasteiger partial charge in [-0.05, 0) is 38.2 Å². The summed E-state index contributed by atoms with van der Waals surface area (Å²) in [5, 5.41) is 10.1. The number of rotatable bonds is 7. The molecule has 1 saturated heterocycles. The Morgan fingerprint density at radius 3 is 2.57 bits per heavy atom. The molecule has 0 aromatic rings. The first-order chi connectivity index (χ1) is 13.3. The van der Waals surface area contributed by atoms with Crippen molar-refractivity contribution in [2.45, 2.75) is 77.4 Å². The Morgan fingerprint density at radius 2 is 2.00 bits per heavy atom. The van der Waals surface area contributed by atoms with Gasteiger partial charge in [0, 0.05) is 26.4 Å². The fourth-order valence-electron chi connectivity index (χ4n) is 4.81. The van der Waals surface area contributed by atoms with Crippen LogP contribution in [-0.4, -0.2) is 59.5 Å². The Balaban J connectivity index is 1.92. The Labute approximate surface area is 164 Å². The van der Waals surface area contributed by atoms with E-state index in [1.165, 1.54) is 11.8 Å². The van der Waals surface area contributed by atoms with Crippen molar-refractivity contribution in [3.8, 4) is 0 Å². The Morgan fingerprint density at radius 1 is 1.29 bits per heavy atom. The first-order valence-electron chi connectivity index (χ1n) is 9.97. The topological polar surface area (TPSA) is 102 Å². The van der Waals surface area contributed by atoms with Crippen LogP contribution in [0.25, 0.3) is 0 Å². The van der Waals surface area contributed by atoms with Crippen molar-refractivity contribution in [1.82, 2.24) is 4.90 Å². The first kappa shape index (κ1) is 20.8. The molecule has 6 atom stereocenters. The average Bonchev–Trinajstić information content (AvgIpc) is 2.91. The predicted octanol–water partition coefficient (Wildman–Crippen LogP) is 1.51. The molecule has 0 aromatic carbocycles. The Bertz CT molecular complexity index is 686. The maximum absolute atomic E-state index is 13.1. The molecule has 8 heteroatoms. The van der Waals surface area contributed by atoms with Crippen LogP contribution in [0.15, 0.2) is 11.3 Å². The summed E-state index contributed by atoms with van der Waals surface area (Å²) in [5.74, 6) is -2.04. The van der Waals surface area contributed by atoms with E-state index in [2.05, 4.69) is 0 Å². The van der Waals surface area contributed by atoms with Gasteiger partial charge >= 0.3 is 11.9 Å². The van der Waals surface area contributed by atoms with E-state index in [0.717, 1.165) is 24.8 Å². The first-order valence-corrected chi connectivity index (χ1v) is 9.97. The Kier molecular flexibility index (Phi) is 6.09. The van der Waals surface area contributed by atoms with Gasteiger partial charge in [-0.1, -0.05) is 6.92 Å². The van der Waals surface area contributed by atoms with Crippen LogP contribution in [-0.2, 0) is 28.6 Å². The van der Waals surface area contributed by atoms with Crippen molar-refractivity contribution >= 4 is 17.8 Å². The highest BCUT2D eigenvalue weighted by molar-refractivity contribution is 6.01. The molecule has 2 unspecified atom stereocenters. The van der Waals surface area contributed by atoms with Crippen molar-refractivity contribution in [1.29, 1.82) is 0 Å². The molecule has 1 amide bonds. The summed E-state index contributed by atoms with van der Waals surface area (Å²) in [6, 6.07) is -0.249. The third-order valence-electron chi connectivity index (χ3n) is 5.90. The minimum Gasteiger partial charge on any atom is -0.425 e. The third-order valence-corrected chi connectivity index (χ3v) is 5.90. The SMILES string of the molecule is CCCC(OC(C)=O)OC(=O)C1=C2[C@@H](OC)CCC[C@@H]2[C@@H]2[C@@H](C(C)O)C(=O)N12. The second-order valence-corrected chi connectivity index (χ2v) is 7.76. The summed E-state index contributed by atoms with van der Waals surface area (Å²) in [6.45, 7) is 4.75. The number of methoxy groups -OCH3 is 1. The standard InChI is InChI=1S/C20H29NO7/c1-5-7-14(27-11(3)23)28-20(25)18-16-12(8-6-9-13(16)26-4)17-15(10(2)22)19(24)21(17)18/h10,12-15,17,22H,5-9H2,1-4H3/t10?,12-,13-,14?,15+,17+/m0/s1. The zero-order valence-electron chi connectivity index (χ0n) is 16.8. The van der Waals surface area contributed by atoms with E-state index in [1.807, 2.05) is 6.92 Å². The minimum atomic E-state index is -0.992. The van der Waals surface area contributed by atoms with Gasteiger partial charge in [-0.25, -0.2) is 4.79 Å². The summed E-state index contributed by atoms with van der Waals surface area (Å²) in [5.41, 5.74) is 0.982. The van der Waals surface area contributed by atoms with Crippen molar-refractivity contribution in [3.63, 3.8) is 0 Å². The molecule has 156 valence electrons. The monoisotopic (exact) mass is 395 g/mol. The van der Waals surface area contributed by atoms with Gasteiger partial charge in [0.1, 0.15) is 5.70 Å². The lowest BCUT2D eigenvalue weighted by Crippen LogP contribution is -2.64. The lowest BCUT2D eigenvalue weighted by Gasteiger charge is -2.47. The highest BCUT2D eigenvalue weighted by atomic mass is 16.7. The minimum absolute atomic E-state index is 0.0306. The molecule has 1 N–H and O–H groups in total. The molecule has 0 bridgehead atoms. The van der Waals surface area contributed by atoms with Crippen molar-refractivity contribution in [2.24, 2.45) is 11.8 Å². The fourth-order valence-corrected chi connectivity index (χ4v) is 4.81. The zero-order valence-corrected chi connectivity index (χ0v) is 16.8. The highest BCUT2D eigenvalue weighted by Gasteiger charge is 2.62. The van der Waals surface area contributed by atoms with Gasteiger partial charge in [-0.15, -0.1) is 0 Å². The number of fused-ring (bicyclic) bond motifs is 3. The van der Waals surface area contributed by atoms with Crippen LogP contribution >= 0.6 is 0 Å². The highest BCUT2D eigenvalue weighted by Crippen LogP contribution is 2.52. The summed E-state index contributed by atoms with van der Waals surface area (Å²) in [7, 11) is 1.59. The van der Waals surface area contributed by atoms with Crippen molar-refractivity contribution < 1.29 is 33.7 Å². The maximum Gasteiger partial charge on any atom is 0.358 e. The van der Waals surface area contributed by atoms with E-state index in [1.54, 1.807) is 14.0 Å². The number of hydrogen-bond acceptors (Lipinski definition) is 7. The zero-order chi connectivity index (χ0) is 20.6. The number of aliphatic hydroxyl groups excluding tert-OH is 1. The molecule has 0 aromatic heterocycles. The van der Waals surface area contributed by atoms with Crippen LogP contribution < -0.4 is 0 Å². The van der Waals surface area contributed by atoms with Crippen LogP contribution in [0.5, 0.6) is 0 Å². The molecule has 1 aliphatic carbocycles. The van der Waals surface area contributed by atoms with E-state index in [-0.39, 0.29) is 29.7 Å². The summed E-state index contributed by atoms with van der Waals surface area (Å²) in [6.07, 6.45) is 1.49. The van der Waals surface area contributed by atoms with E-state index in [9.17, 15) is 19.5 Å². The molecule has 3 aliphatic rings. The van der Waals surface area contributed by atoms with Crippen LogP contribution in [0, 0.1) is 11.8 Å². The lowest BCUT2D eigenvalue weighted by molar-refractivity contribution is -0.188. The van der Waals surface area contributed by atoms with Crippen LogP contribution in [0.1, 0.15) is 52.9 Å². The molecule has 1 saturated carbocycles. The van der Waals surface area contributed by atoms with E-state index in [0.29, 0.717) is 12.8 Å². The van der Waals surface area contributed by atoms with Gasteiger partial charge in [0.25, 0.3) is 0 Å². The summed E-state index contributed by atoms with van der Waals surface area (Å²) < 4.78 is 16.2. The molecule has 28 heavy (non-hydrogen) atoms. The average molecular weight is 395 g/mol. The number of amides is 1. The second kappa shape index (κ2) is 8.21. The Hall–Kier alpha value is -1.93. The van der Waals surface area contributed by atoms with Gasteiger partial charge in [0.15, 0.2) is 0 Å². The van der Waals surface area contributed by atoms with Gasteiger partial charge in [-0.3, -0.25) is 9.59 Å². The van der Waals surface area contributed by atoms with Crippen LogP contribution in [0.4, 0.5) is 0 Å². The second-order valence-electron chi connectivity index (χ2n) is 7.76. The molecule has 2 aliphatic heterocycles. The van der Waals surface area contributed by atoms with E-state index in [4.69, 9.17) is 14.2 Å². The summed E-state index contributed by atoms with van der Waals surface area (Å²) in [4.78, 5) is 38.6. The molecular weight excluding hydrogens is 366 g/mol. The normalized spacial score (nSPS) is 30.9. The number of aliphatic hydroxyl groups is 1. The maximum atomic E-state index is 13.1. The van der Waals surface area contributed by atoms with E-state index < -0.39 is 30.3 Å². The molecule has 0 radical (unpaired) electrons. The van der Waals surface area contributed by atoms with Crippen molar-refractivity contribution in [3.05, 3.63) is 11.3 Å². The smallest absolute Gasteiger partial charge is 0.358 e. The molecule has 3 rings (SSSR count). The number of β-lactam (4-membered cyclic amide) rings is 1. The number of carbonyl (C=O) groups excluding carboxylic acids is 3. The summed E-state index contributed by atoms with van der Waals surface area (Å²) >= 11 is 0. The number of carbonyl (C=O) groups is 3. The fraction of sp³-hybridized carbons (Fsp3) is 0.750.